The molecule has 0 amide bonds. The van der Waals surface area contributed by atoms with Gasteiger partial charge in [0.25, 0.3) is 0 Å². The third kappa shape index (κ3) is 4.99. The van der Waals surface area contributed by atoms with Gasteiger partial charge in [-0.05, 0) is 60.3 Å². The van der Waals surface area contributed by atoms with E-state index in [-0.39, 0.29) is 11.1 Å². The molecular formula is C14H11O6PS2. The van der Waals surface area contributed by atoms with Crippen molar-refractivity contribution in [2.45, 2.75) is 0 Å². The fraction of sp³-hybridized carbons (Fsp3) is 0. The molecule has 0 aliphatic heterocycles. The van der Waals surface area contributed by atoms with E-state index >= 15 is 0 Å². The number of aromatic carboxylic acids is 2. The Kier molecular flexibility index (Phi) is 5.30. The highest BCUT2D eigenvalue weighted by Gasteiger charge is 2.17. The molecule has 2 aromatic carbocycles. The lowest BCUT2D eigenvalue weighted by molar-refractivity contribution is 0.0686. The Balaban J connectivity index is 2.07. The van der Waals surface area contributed by atoms with Crippen molar-refractivity contribution in [2.24, 2.45) is 0 Å². The zero-order valence-corrected chi connectivity index (χ0v) is 14.1. The molecule has 2 aromatic rings. The first-order valence-electron chi connectivity index (χ1n) is 6.15. The van der Waals surface area contributed by atoms with Crippen LogP contribution in [0.2, 0.25) is 0 Å². The van der Waals surface area contributed by atoms with Crippen molar-refractivity contribution in [3.05, 3.63) is 59.7 Å². The first-order valence-corrected chi connectivity index (χ1v) is 9.95. The van der Waals surface area contributed by atoms with Crippen LogP contribution < -0.4 is 9.05 Å². The standard InChI is InChI=1S/C14H11O6PS2/c15-13(16)9-1-5-11(6-2-9)19-21(22,23)20-12-7-3-10(4-8-12)14(17)18/h1-8H,(H,15,16)(H,17,18)(H,22,23). The van der Waals surface area contributed by atoms with Gasteiger partial charge in [0.1, 0.15) is 11.5 Å². The molecule has 9 heteroatoms. The minimum absolute atomic E-state index is 0.120. The first-order chi connectivity index (χ1) is 10.8. The summed E-state index contributed by atoms with van der Waals surface area (Å²) in [4.78, 5) is 21.6. The van der Waals surface area contributed by atoms with Crippen molar-refractivity contribution >= 4 is 41.7 Å². The maximum atomic E-state index is 10.8. The average Bonchev–Trinajstić information content (AvgIpc) is 2.47. The van der Waals surface area contributed by atoms with Gasteiger partial charge in [-0.15, -0.1) is 0 Å². The summed E-state index contributed by atoms with van der Waals surface area (Å²) in [6.07, 6.45) is 0. The van der Waals surface area contributed by atoms with Crippen LogP contribution in [0.15, 0.2) is 48.5 Å². The maximum absolute atomic E-state index is 10.8. The summed E-state index contributed by atoms with van der Waals surface area (Å²) in [6, 6.07) is 11.3. The SMILES string of the molecule is O=C(O)c1ccc(OP(=S)(S)Oc2ccc(C(=O)O)cc2)cc1. The molecule has 0 spiro atoms. The predicted molar refractivity (Wildman–Crippen MR) is 91.3 cm³/mol. The Hall–Kier alpha value is -2.02. The van der Waals surface area contributed by atoms with Crippen LogP contribution in [-0.4, -0.2) is 22.2 Å². The van der Waals surface area contributed by atoms with Crippen molar-refractivity contribution in [2.75, 3.05) is 0 Å². The molecule has 0 atom stereocenters. The zero-order valence-electron chi connectivity index (χ0n) is 11.4. The number of thiol groups is 1. The average molecular weight is 370 g/mol. The molecule has 0 fully saturated rings. The number of hydrogen-bond acceptors (Lipinski definition) is 5. The second-order valence-corrected chi connectivity index (χ2v) is 9.45. The number of rotatable bonds is 6. The second-order valence-electron chi connectivity index (χ2n) is 4.31. The van der Waals surface area contributed by atoms with Gasteiger partial charge >= 0.3 is 17.6 Å². The van der Waals surface area contributed by atoms with Crippen LogP contribution in [-0.2, 0) is 11.8 Å². The number of carbonyl (C=O) groups is 2. The largest absolute Gasteiger partial charge is 0.478 e. The predicted octanol–water partition coefficient (Wildman–Crippen LogP) is 3.70. The van der Waals surface area contributed by atoms with E-state index in [1.807, 2.05) is 0 Å². The van der Waals surface area contributed by atoms with E-state index in [9.17, 15) is 9.59 Å². The van der Waals surface area contributed by atoms with Gasteiger partial charge in [-0.1, -0.05) is 12.2 Å². The van der Waals surface area contributed by atoms with Gasteiger partial charge in [0.15, 0.2) is 0 Å². The Bertz CT molecular complexity index is 709. The minimum Gasteiger partial charge on any atom is -0.478 e. The van der Waals surface area contributed by atoms with Gasteiger partial charge in [0.2, 0.25) is 0 Å². The highest BCUT2D eigenvalue weighted by Crippen LogP contribution is 2.52. The van der Waals surface area contributed by atoms with Crippen LogP contribution in [0.3, 0.4) is 0 Å². The van der Waals surface area contributed by atoms with Gasteiger partial charge in [-0.3, -0.25) is 0 Å². The van der Waals surface area contributed by atoms with E-state index in [0.717, 1.165) is 0 Å². The second kappa shape index (κ2) is 7.04. The van der Waals surface area contributed by atoms with Crippen LogP contribution in [0.1, 0.15) is 20.7 Å². The van der Waals surface area contributed by atoms with Crippen molar-refractivity contribution in [1.29, 1.82) is 0 Å². The highest BCUT2D eigenvalue weighted by molar-refractivity contribution is 8.60. The molecule has 0 radical (unpaired) electrons. The van der Waals surface area contributed by atoms with Crippen LogP contribution in [0.5, 0.6) is 11.5 Å². The molecule has 0 aliphatic rings. The van der Waals surface area contributed by atoms with E-state index in [0.29, 0.717) is 11.5 Å². The Morgan fingerprint density at radius 2 is 1.13 bits per heavy atom. The van der Waals surface area contributed by atoms with Crippen LogP contribution >= 0.6 is 17.9 Å². The summed E-state index contributed by atoms with van der Waals surface area (Å²) in [7, 11) is 0. The minimum atomic E-state index is -2.98. The third-order valence-corrected chi connectivity index (χ3v) is 4.46. The molecule has 23 heavy (non-hydrogen) atoms. The maximum Gasteiger partial charge on any atom is 0.345 e. The number of benzene rings is 2. The lowest BCUT2D eigenvalue weighted by Crippen LogP contribution is -1.98. The van der Waals surface area contributed by atoms with E-state index in [2.05, 4.69) is 12.2 Å². The molecule has 0 saturated heterocycles. The molecule has 0 aliphatic carbocycles. The van der Waals surface area contributed by atoms with Crippen LogP contribution in [0, 0.1) is 0 Å². The summed E-state index contributed by atoms with van der Waals surface area (Å²) in [5, 5.41) is 17.7. The summed E-state index contributed by atoms with van der Waals surface area (Å²) >= 11 is 9.37. The highest BCUT2D eigenvalue weighted by atomic mass is 32.9. The Labute approximate surface area is 142 Å². The molecule has 2 N–H and O–H groups in total. The topological polar surface area (TPSA) is 93.1 Å². The van der Waals surface area contributed by atoms with Gasteiger partial charge in [0.05, 0.1) is 11.1 Å². The van der Waals surface area contributed by atoms with Gasteiger partial charge in [0, 0.05) is 0 Å². The molecule has 0 saturated carbocycles. The van der Waals surface area contributed by atoms with E-state index in [4.69, 9.17) is 31.1 Å². The monoisotopic (exact) mass is 370 g/mol. The summed E-state index contributed by atoms with van der Waals surface area (Å²) in [5.74, 6) is -1.43. The molecule has 2 rings (SSSR count). The zero-order chi connectivity index (χ0) is 17.0. The van der Waals surface area contributed by atoms with E-state index in [1.54, 1.807) is 0 Å². The summed E-state index contributed by atoms with van der Waals surface area (Å²) < 4.78 is 11.0. The van der Waals surface area contributed by atoms with Crippen molar-refractivity contribution in [1.82, 2.24) is 0 Å². The third-order valence-electron chi connectivity index (χ3n) is 2.64. The fourth-order valence-electron chi connectivity index (χ4n) is 1.60. The molecule has 0 heterocycles. The van der Waals surface area contributed by atoms with Crippen LogP contribution in [0.25, 0.3) is 0 Å². The lowest BCUT2D eigenvalue weighted by atomic mass is 10.2. The van der Waals surface area contributed by atoms with E-state index in [1.165, 1.54) is 48.5 Å². The summed E-state index contributed by atoms with van der Waals surface area (Å²) in [6.45, 7) is 0. The quantitative estimate of drug-likeness (QED) is 0.527. The first kappa shape index (κ1) is 17.3. The molecule has 0 bridgehead atoms. The fourth-order valence-corrected chi connectivity index (χ4v) is 3.50. The molecule has 6 nitrogen and oxygen atoms in total. The molecule has 120 valence electrons. The lowest BCUT2D eigenvalue weighted by Gasteiger charge is -2.18. The normalized spacial score (nSPS) is 10.8. The van der Waals surface area contributed by atoms with Crippen molar-refractivity contribution in [3.8, 4) is 11.5 Å². The van der Waals surface area contributed by atoms with Crippen molar-refractivity contribution in [3.63, 3.8) is 0 Å². The van der Waals surface area contributed by atoms with Crippen molar-refractivity contribution < 1.29 is 28.8 Å². The molecule has 0 unspecified atom stereocenters. The molecule has 0 aromatic heterocycles. The molecular weight excluding hydrogens is 359 g/mol. The van der Waals surface area contributed by atoms with Gasteiger partial charge < -0.3 is 19.3 Å². The van der Waals surface area contributed by atoms with Gasteiger partial charge in [-0.2, -0.15) is 0 Å². The number of carboxylic acid groups (broad SMARTS) is 2. The summed E-state index contributed by atoms with van der Waals surface area (Å²) in [5.41, 5.74) is -2.74. The van der Waals surface area contributed by atoms with Crippen LogP contribution in [0.4, 0.5) is 0 Å². The Morgan fingerprint density at radius 1 is 0.826 bits per heavy atom. The number of hydrogen-bond donors (Lipinski definition) is 3. The van der Waals surface area contributed by atoms with E-state index < -0.39 is 17.6 Å². The number of carboxylic acids is 2. The van der Waals surface area contributed by atoms with Gasteiger partial charge in [-0.25, -0.2) is 9.59 Å². The Morgan fingerprint density at radius 3 is 1.39 bits per heavy atom. The smallest absolute Gasteiger partial charge is 0.345 e.